The summed E-state index contributed by atoms with van der Waals surface area (Å²) in [6.07, 6.45) is -1.79. The summed E-state index contributed by atoms with van der Waals surface area (Å²) in [6, 6.07) is 13.7. The molecular formula is C16H16Cl3N3O2S. The summed E-state index contributed by atoms with van der Waals surface area (Å²) in [7, 11) is 0. The minimum atomic E-state index is -1.83. The van der Waals surface area contributed by atoms with Crippen molar-refractivity contribution in [3.05, 3.63) is 42.5 Å². The molecule has 0 bridgehead atoms. The largest absolute Gasteiger partial charge is 0.450 e. The van der Waals surface area contributed by atoms with E-state index in [1.165, 1.54) is 0 Å². The van der Waals surface area contributed by atoms with Crippen LogP contribution in [0, 0.1) is 0 Å². The number of nitrogens with one attached hydrogen (secondary N) is 3. The van der Waals surface area contributed by atoms with E-state index in [-0.39, 0.29) is 11.7 Å². The predicted molar refractivity (Wildman–Crippen MR) is 108 cm³/mol. The van der Waals surface area contributed by atoms with Gasteiger partial charge in [0, 0.05) is 5.69 Å². The van der Waals surface area contributed by atoms with Gasteiger partial charge < -0.3 is 15.4 Å². The van der Waals surface area contributed by atoms with Gasteiger partial charge in [-0.15, -0.1) is 0 Å². The molecule has 9 heteroatoms. The number of alkyl carbamates (subject to hydrolysis) is 1. The highest BCUT2D eigenvalue weighted by Gasteiger charge is 2.35. The standard InChI is InChI=1S/C16H16Cl3N3O2S/c1-2-24-15(23)22-13(16(17,18)19)21-14(25)20-12-8-7-10-5-3-4-6-11(10)9-12/h3-9,13H,2H2,1H3,(H,22,23)(H2,20,21,25). The van der Waals surface area contributed by atoms with Gasteiger partial charge in [0.1, 0.15) is 0 Å². The van der Waals surface area contributed by atoms with Crippen LogP contribution in [0.25, 0.3) is 10.8 Å². The van der Waals surface area contributed by atoms with Crippen LogP contribution in [0.15, 0.2) is 42.5 Å². The van der Waals surface area contributed by atoms with Gasteiger partial charge in [0.15, 0.2) is 11.3 Å². The number of halogens is 3. The molecule has 0 aliphatic heterocycles. The van der Waals surface area contributed by atoms with Crippen molar-refractivity contribution in [2.45, 2.75) is 16.9 Å². The Kier molecular flexibility index (Phi) is 6.95. The van der Waals surface area contributed by atoms with Crippen molar-refractivity contribution in [2.75, 3.05) is 11.9 Å². The first-order chi connectivity index (χ1) is 11.8. The fourth-order valence-electron chi connectivity index (χ4n) is 2.06. The number of amides is 1. The molecule has 0 saturated carbocycles. The van der Waals surface area contributed by atoms with E-state index in [1.807, 2.05) is 42.5 Å². The predicted octanol–water partition coefficient (Wildman–Crippen LogP) is 4.57. The molecule has 0 aliphatic carbocycles. The Morgan fingerprint density at radius 1 is 1.16 bits per heavy atom. The van der Waals surface area contributed by atoms with Crippen molar-refractivity contribution in [3.8, 4) is 0 Å². The third-order valence-electron chi connectivity index (χ3n) is 3.15. The van der Waals surface area contributed by atoms with Gasteiger partial charge >= 0.3 is 6.09 Å². The van der Waals surface area contributed by atoms with E-state index in [2.05, 4.69) is 16.0 Å². The number of carbonyl (C=O) groups excluding carboxylic acids is 1. The maximum Gasteiger partial charge on any atom is 0.408 e. The first kappa shape index (κ1) is 19.8. The van der Waals surface area contributed by atoms with Crippen LogP contribution in [0.3, 0.4) is 0 Å². The molecule has 0 fully saturated rings. The molecular weight excluding hydrogens is 405 g/mol. The molecule has 134 valence electrons. The second-order valence-electron chi connectivity index (χ2n) is 5.00. The van der Waals surface area contributed by atoms with E-state index in [0.717, 1.165) is 16.5 Å². The third kappa shape index (κ3) is 6.08. The maximum atomic E-state index is 11.6. The van der Waals surface area contributed by atoms with Gasteiger partial charge in [0.2, 0.25) is 3.79 Å². The van der Waals surface area contributed by atoms with Gasteiger partial charge in [-0.05, 0) is 42.0 Å². The number of benzene rings is 2. The Morgan fingerprint density at radius 3 is 2.48 bits per heavy atom. The molecule has 0 heterocycles. The fourth-order valence-corrected chi connectivity index (χ4v) is 2.62. The highest BCUT2D eigenvalue weighted by molar-refractivity contribution is 7.80. The first-order valence-corrected chi connectivity index (χ1v) is 8.90. The zero-order chi connectivity index (χ0) is 18.4. The van der Waals surface area contributed by atoms with E-state index in [1.54, 1.807) is 6.92 Å². The fraction of sp³-hybridized carbons (Fsp3) is 0.250. The second kappa shape index (κ2) is 8.76. The number of ether oxygens (including phenoxy) is 1. The van der Waals surface area contributed by atoms with Crippen LogP contribution in [0.5, 0.6) is 0 Å². The lowest BCUT2D eigenvalue weighted by Gasteiger charge is -2.27. The molecule has 25 heavy (non-hydrogen) atoms. The average Bonchev–Trinajstić information content (AvgIpc) is 2.53. The number of anilines is 1. The molecule has 1 unspecified atom stereocenters. The molecule has 5 nitrogen and oxygen atoms in total. The number of carbonyl (C=O) groups is 1. The molecule has 3 N–H and O–H groups in total. The number of rotatable bonds is 4. The zero-order valence-corrected chi connectivity index (χ0v) is 16.3. The van der Waals surface area contributed by atoms with Gasteiger partial charge in [-0.2, -0.15) is 0 Å². The summed E-state index contributed by atoms with van der Waals surface area (Å²) in [4.78, 5) is 11.6. The van der Waals surface area contributed by atoms with E-state index in [0.29, 0.717) is 0 Å². The first-order valence-electron chi connectivity index (χ1n) is 7.36. The zero-order valence-electron chi connectivity index (χ0n) is 13.2. The van der Waals surface area contributed by atoms with E-state index < -0.39 is 16.1 Å². The van der Waals surface area contributed by atoms with E-state index in [9.17, 15) is 4.79 Å². The van der Waals surface area contributed by atoms with Crippen LogP contribution in [-0.4, -0.2) is 27.8 Å². The van der Waals surface area contributed by atoms with Crippen LogP contribution >= 0.6 is 47.0 Å². The molecule has 0 radical (unpaired) electrons. The molecule has 2 rings (SSSR count). The Labute approximate surface area is 165 Å². The summed E-state index contributed by atoms with van der Waals surface area (Å²) in [5.41, 5.74) is 0.760. The number of thiocarbonyl (C=S) groups is 1. The van der Waals surface area contributed by atoms with Crippen LogP contribution in [-0.2, 0) is 4.74 Å². The minimum absolute atomic E-state index is 0.184. The molecule has 2 aromatic rings. The van der Waals surface area contributed by atoms with Crippen molar-refractivity contribution >= 4 is 74.7 Å². The summed E-state index contributed by atoms with van der Waals surface area (Å²) < 4.78 is 2.95. The quantitative estimate of drug-likeness (QED) is 0.384. The Morgan fingerprint density at radius 2 is 1.84 bits per heavy atom. The molecule has 0 saturated heterocycles. The van der Waals surface area contributed by atoms with Crippen molar-refractivity contribution < 1.29 is 9.53 Å². The van der Waals surface area contributed by atoms with Crippen LogP contribution in [0.4, 0.5) is 10.5 Å². The lowest BCUT2D eigenvalue weighted by atomic mass is 10.1. The Bertz CT molecular complexity index is 768. The van der Waals surface area contributed by atoms with Crippen LogP contribution in [0.2, 0.25) is 0 Å². The lowest BCUT2D eigenvalue weighted by molar-refractivity contribution is 0.147. The molecule has 0 aromatic heterocycles. The summed E-state index contributed by atoms with van der Waals surface area (Å²) in [5, 5.41) is 10.5. The highest BCUT2D eigenvalue weighted by Crippen LogP contribution is 2.29. The minimum Gasteiger partial charge on any atom is -0.450 e. The highest BCUT2D eigenvalue weighted by atomic mass is 35.6. The number of alkyl halides is 3. The smallest absolute Gasteiger partial charge is 0.408 e. The van der Waals surface area contributed by atoms with E-state index >= 15 is 0 Å². The van der Waals surface area contributed by atoms with Crippen molar-refractivity contribution in [1.29, 1.82) is 0 Å². The second-order valence-corrected chi connectivity index (χ2v) is 7.78. The van der Waals surface area contributed by atoms with Crippen molar-refractivity contribution in [1.82, 2.24) is 10.6 Å². The van der Waals surface area contributed by atoms with Crippen LogP contribution < -0.4 is 16.0 Å². The van der Waals surface area contributed by atoms with Crippen LogP contribution in [0.1, 0.15) is 6.92 Å². The third-order valence-corrected chi connectivity index (χ3v) is 4.02. The van der Waals surface area contributed by atoms with Gasteiger partial charge in [0.05, 0.1) is 6.61 Å². The topological polar surface area (TPSA) is 62.4 Å². The molecule has 2 aromatic carbocycles. The normalized spacial score (nSPS) is 12.3. The van der Waals surface area contributed by atoms with Crippen molar-refractivity contribution in [3.63, 3.8) is 0 Å². The van der Waals surface area contributed by atoms with Crippen molar-refractivity contribution in [2.24, 2.45) is 0 Å². The van der Waals surface area contributed by atoms with E-state index in [4.69, 9.17) is 51.8 Å². The number of hydrogen-bond donors (Lipinski definition) is 3. The summed E-state index contributed by atoms with van der Waals surface area (Å²) in [5.74, 6) is 0. The van der Waals surface area contributed by atoms with Gasteiger partial charge in [-0.3, -0.25) is 5.32 Å². The maximum absolute atomic E-state index is 11.6. The Balaban J connectivity index is 2.05. The lowest BCUT2D eigenvalue weighted by Crippen LogP contribution is -2.56. The Hall–Kier alpha value is -1.47. The molecule has 0 aliphatic rings. The molecule has 1 amide bonds. The molecule has 1 atom stereocenters. The monoisotopic (exact) mass is 419 g/mol. The van der Waals surface area contributed by atoms with Gasteiger partial charge in [-0.25, -0.2) is 4.79 Å². The average molecular weight is 421 g/mol. The SMILES string of the molecule is CCOC(=O)NC(NC(=S)Nc1ccc2ccccc2c1)C(Cl)(Cl)Cl. The summed E-state index contributed by atoms with van der Waals surface area (Å²) >= 11 is 22.9. The number of hydrogen-bond acceptors (Lipinski definition) is 3. The molecule has 0 spiro atoms. The van der Waals surface area contributed by atoms with Gasteiger partial charge in [0.25, 0.3) is 0 Å². The van der Waals surface area contributed by atoms with Gasteiger partial charge in [-0.1, -0.05) is 65.1 Å². The number of fused-ring (bicyclic) bond motifs is 1. The summed E-state index contributed by atoms with van der Waals surface area (Å²) in [6.45, 7) is 1.86.